The predicted molar refractivity (Wildman–Crippen MR) is 67.6 cm³/mol. The summed E-state index contributed by atoms with van der Waals surface area (Å²) in [5.41, 5.74) is 0.944. The van der Waals surface area contributed by atoms with Crippen molar-refractivity contribution >= 4 is 7.60 Å². The molecule has 0 aliphatic carbocycles. The summed E-state index contributed by atoms with van der Waals surface area (Å²) in [6, 6.07) is 7.45. The van der Waals surface area contributed by atoms with Gasteiger partial charge in [-0.1, -0.05) is 19.1 Å². The van der Waals surface area contributed by atoms with Crippen LogP contribution in [0.3, 0.4) is 0 Å². The molecule has 0 aliphatic heterocycles. The van der Waals surface area contributed by atoms with Crippen LogP contribution in [0.4, 0.5) is 0 Å². The van der Waals surface area contributed by atoms with Crippen LogP contribution in [0, 0.1) is 0 Å². The van der Waals surface area contributed by atoms with Gasteiger partial charge in [0, 0.05) is 6.16 Å². The van der Waals surface area contributed by atoms with E-state index in [2.05, 4.69) is 0 Å². The Bertz CT molecular complexity index is 375. The molecule has 0 saturated heterocycles. The summed E-state index contributed by atoms with van der Waals surface area (Å²) in [6.07, 6.45) is 0.386. The Morgan fingerprint density at radius 1 is 1.12 bits per heavy atom. The predicted octanol–water partition coefficient (Wildman–Crippen LogP) is 3.46. The summed E-state index contributed by atoms with van der Waals surface area (Å²) < 4.78 is 27.6. The second-order valence-corrected chi connectivity index (χ2v) is 5.84. The fraction of sp³-hybridized carbons (Fsp3) is 0.500. The van der Waals surface area contributed by atoms with Crippen LogP contribution in [-0.4, -0.2) is 19.9 Å². The third-order valence-electron chi connectivity index (χ3n) is 2.30. The third-order valence-corrected chi connectivity index (χ3v) is 4.25. The Labute approximate surface area is 102 Å². The molecule has 1 rings (SSSR count). The molecule has 1 aromatic rings. The van der Waals surface area contributed by atoms with Gasteiger partial charge in [0.25, 0.3) is 0 Å². The SMILES string of the molecule is CCOP(=O)(CC)OCc1ccc(OC)cc1. The van der Waals surface area contributed by atoms with Crippen LogP contribution in [-0.2, 0) is 20.2 Å². The number of rotatable bonds is 7. The van der Waals surface area contributed by atoms with E-state index in [1.807, 2.05) is 24.3 Å². The van der Waals surface area contributed by atoms with Gasteiger partial charge in [0.15, 0.2) is 0 Å². The van der Waals surface area contributed by atoms with Crippen molar-refractivity contribution in [1.29, 1.82) is 0 Å². The van der Waals surface area contributed by atoms with E-state index in [-0.39, 0.29) is 6.61 Å². The monoisotopic (exact) mass is 258 g/mol. The summed E-state index contributed by atoms with van der Waals surface area (Å²) >= 11 is 0. The second-order valence-electron chi connectivity index (χ2n) is 3.47. The Morgan fingerprint density at radius 2 is 1.76 bits per heavy atom. The molecule has 0 spiro atoms. The van der Waals surface area contributed by atoms with Crippen LogP contribution in [0.1, 0.15) is 19.4 Å². The summed E-state index contributed by atoms with van der Waals surface area (Å²) in [6.45, 7) is 4.28. The first-order valence-electron chi connectivity index (χ1n) is 5.64. The van der Waals surface area contributed by atoms with Crippen molar-refractivity contribution in [2.24, 2.45) is 0 Å². The molecule has 0 fully saturated rings. The molecule has 1 unspecified atom stereocenters. The molecule has 0 radical (unpaired) electrons. The van der Waals surface area contributed by atoms with E-state index >= 15 is 0 Å². The van der Waals surface area contributed by atoms with Crippen molar-refractivity contribution in [3.63, 3.8) is 0 Å². The van der Waals surface area contributed by atoms with Crippen molar-refractivity contribution in [2.75, 3.05) is 19.9 Å². The van der Waals surface area contributed by atoms with Crippen LogP contribution < -0.4 is 4.74 Å². The zero-order chi connectivity index (χ0) is 12.7. The first-order chi connectivity index (χ1) is 8.13. The smallest absolute Gasteiger partial charge is 0.330 e. The molecule has 17 heavy (non-hydrogen) atoms. The molecular weight excluding hydrogens is 239 g/mol. The van der Waals surface area contributed by atoms with Crippen molar-refractivity contribution in [3.8, 4) is 5.75 Å². The quantitative estimate of drug-likeness (QED) is 0.702. The highest BCUT2D eigenvalue weighted by atomic mass is 31.2. The average molecular weight is 258 g/mol. The largest absolute Gasteiger partial charge is 0.497 e. The zero-order valence-electron chi connectivity index (χ0n) is 10.5. The third kappa shape index (κ3) is 4.50. The number of hydrogen-bond acceptors (Lipinski definition) is 4. The van der Waals surface area contributed by atoms with Crippen LogP contribution >= 0.6 is 7.60 Å². The van der Waals surface area contributed by atoms with Gasteiger partial charge >= 0.3 is 7.60 Å². The van der Waals surface area contributed by atoms with Gasteiger partial charge in [0.1, 0.15) is 5.75 Å². The normalized spacial score (nSPS) is 14.3. The van der Waals surface area contributed by atoms with Gasteiger partial charge in [-0.25, -0.2) is 0 Å². The molecule has 0 heterocycles. The standard InChI is InChI=1S/C12H19O4P/c1-4-15-17(13,5-2)16-10-11-6-8-12(14-3)9-7-11/h6-9H,4-5,10H2,1-3H3. The molecule has 5 heteroatoms. The van der Waals surface area contributed by atoms with Gasteiger partial charge in [-0.05, 0) is 24.6 Å². The van der Waals surface area contributed by atoms with Gasteiger partial charge in [-0.3, -0.25) is 4.57 Å². The molecule has 1 atom stereocenters. The van der Waals surface area contributed by atoms with Gasteiger partial charge < -0.3 is 13.8 Å². The molecule has 0 amide bonds. The van der Waals surface area contributed by atoms with Gasteiger partial charge in [0.2, 0.25) is 0 Å². The van der Waals surface area contributed by atoms with E-state index in [1.54, 1.807) is 21.0 Å². The Kier molecular flexibility index (Phi) is 5.69. The van der Waals surface area contributed by atoms with Crippen molar-refractivity contribution in [2.45, 2.75) is 20.5 Å². The molecule has 0 saturated carbocycles. The fourth-order valence-electron chi connectivity index (χ4n) is 1.31. The summed E-state index contributed by atoms with van der Waals surface area (Å²) in [5.74, 6) is 0.789. The summed E-state index contributed by atoms with van der Waals surface area (Å²) in [7, 11) is -1.30. The lowest BCUT2D eigenvalue weighted by Gasteiger charge is -2.16. The minimum absolute atomic E-state index is 0.287. The molecule has 1 aromatic carbocycles. The highest BCUT2D eigenvalue weighted by molar-refractivity contribution is 7.53. The molecule has 96 valence electrons. The molecular formula is C12H19O4P. The van der Waals surface area contributed by atoms with Crippen LogP contribution in [0.15, 0.2) is 24.3 Å². The van der Waals surface area contributed by atoms with Gasteiger partial charge in [0.05, 0.1) is 20.3 Å². The van der Waals surface area contributed by atoms with E-state index in [9.17, 15) is 4.57 Å². The van der Waals surface area contributed by atoms with Crippen molar-refractivity contribution in [1.82, 2.24) is 0 Å². The maximum atomic E-state index is 12.0. The zero-order valence-corrected chi connectivity index (χ0v) is 11.4. The number of ether oxygens (including phenoxy) is 1. The second kappa shape index (κ2) is 6.80. The lowest BCUT2D eigenvalue weighted by Crippen LogP contribution is -1.98. The molecule has 0 aromatic heterocycles. The first-order valence-corrected chi connectivity index (χ1v) is 7.37. The summed E-state index contributed by atoms with van der Waals surface area (Å²) in [4.78, 5) is 0. The van der Waals surface area contributed by atoms with Crippen molar-refractivity contribution in [3.05, 3.63) is 29.8 Å². The first kappa shape index (κ1) is 14.2. The van der Waals surface area contributed by atoms with E-state index in [4.69, 9.17) is 13.8 Å². The van der Waals surface area contributed by atoms with Gasteiger partial charge in [-0.2, -0.15) is 0 Å². The van der Waals surface area contributed by atoms with Crippen LogP contribution in [0.5, 0.6) is 5.75 Å². The Hall–Kier alpha value is -0.830. The lowest BCUT2D eigenvalue weighted by atomic mass is 10.2. The molecule has 0 N–H and O–H groups in total. The number of methoxy groups -OCH3 is 1. The average Bonchev–Trinajstić information content (AvgIpc) is 2.37. The summed E-state index contributed by atoms with van der Waals surface area (Å²) in [5, 5.41) is 0. The minimum atomic E-state index is -2.92. The fourth-order valence-corrected chi connectivity index (χ4v) is 2.49. The van der Waals surface area contributed by atoms with Crippen molar-refractivity contribution < 1.29 is 18.3 Å². The topological polar surface area (TPSA) is 44.8 Å². The van der Waals surface area contributed by atoms with E-state index in [1.165, 1.54) is 0 Å². The highest BCUT2D eigenvalue weighted by Crippen LogP contribution is 2.48. The highest BCUT2D eigenvalue weighted by Gasteiger charge is 2.20. The maximum absolute atomic E-state index is 12.0. The van der Waals surface area contributed by atoms with Crippen LogP contribution in [0.25, 0.3) is 0 Å². The van der Waals surface area contributed by atoms with E-state index in [0.29, 0.717) is 12.8 Å². The Morgan fingerprint density at radius 3 is 2.24 bits per heavy atom. The van der Waals surface area contributed by atoms with Crippen LogP contribution in [0.2, 0.25) is 0 Å². The lowest BCUT2D eigenvalue weighted by molar-refractivity contribution is 0.205. The molecule has 0 bridgehead atoms. The van der Waals surface area contributed by atoms with Gasteiger partial charge in [-0.15, -0.1) is 0 Å². The minimum Gasteiger partial charge on any atom is -0.497 e. The molecule has 4 nitrogen and oxygen atoms in total. The number of hydrogen-bond donors (Lipinski definition) is 0. The number of benzene rings is 1. The van der Waals surface area contributed by atoms with E-state index in [0.717, 1.165) is 11.3 Å². The van der Waals surface area contributed by atoms with E-state index < -0.39 is 7.60 Å². The maximum Gasteiger partial charge on any atom is 0.330 e. The molecule has 0 aliphatic rings. The Balaban J connectivity index is 2.56.